The van der Waals surface area contributed by atoms with Crippen LogP contribution in [0.4, 0.5) is 0 Å². The number of hydrogen-bond acceptors (Lipinski definition) is 2. The molecule has 0 saturated carbocycles. The Kier molecular flexibility index (Phi) is 4.32. The van der Waals surface area contributed by atoms with Crippen molar-refractivity contribution in [1.82, 2.24) is 0 Å². The third-order valence-corrected chi connectivity index (χ3v) is 1.55. The Bertz CT molecular complexity index is 83.0. The zero-order valence-corrected chi connectivity index (χ0v) is 6.13. The molecule has 1 unspecified atom stereocenters. The second kappa shape index (κ2) is 4.50. The van der Waals surface area contributed by atoms with Crippen LogP contribution < -0.4 is 5.73 Å². The predicted octanol–water partition coefficient (Wildman–Crippen LogP) is 0.949. The van der Waals surface area contributed by atoms with E-state index in [1.165, 1.54) is 0 Å². The van der Waals surface area contributed by atoms with Crippen LogP contribution in [0.2, 0.25) is 0 Å². The molecular formula is C7H15NO. The second-order valence-electron chi connectivity index (χ2n) is 2.55. The Morgan fingerprint density at radius 3 is 2.56 bits per heavy atom. The maximum atomic E-state index is 10.0. The van der Waals surface area contributed by atoms with Crippen molar-refractivity contribution in [2.24, 2.45) is 11.7 Å². The van der Waals surface area contributed by atoms with Crippen LogP contribution in [0.25, 0.3) is 0 Å². The fourth-order valence-electron chi connectivity index (χ4n) is 0.687. The molecule has 0 amide bonds. The second-order valence-corrected chi connectivity index (χ2v) is 2.55. The average Bonchev–Trinajstić information content (AvgIpc) is 1.87. The molecule has 9 heavy (non-hydrogen) atoms. The molecular weight excluding hydrogens is 114 g/mol. The zero-order valence-electron chi connectivity index (χ0n) is 6.13. The Balaban J connectivity index is 3.33. The largest absolute Gasteiger partial charge is 0.322 e. The lowest BCUT2D eigenvalue weighted by Crippen LogP contribution is -2.23. The maximum absolute atomic E-state index is 10.0. The summed E-state index contributed by atoms with van der Waals surface area (Å²) >= 11 is 0. The predicted molar refractivity (Wildman–Crippen MR) is 38.1 cm³/mol. The van der Waals surface area contributed by atoms with Gasteiger partial charge in [-0.3, -0.25) is 0 Å². The third-order valence-electron chi connectivity index (χ3n) is 1.55. The van der Waals surface area contributed by atoms with Gasteiger partial charge in [0.25, 0.3) is 0 Å². The molecule has 2 nitrogen and oxygen atoms in total. The first-order valence-electron chi connectivity index (χ1n) is 3.41. The molecule has 2 N–H and O–H groups in total. The Morgan fingerprint density at radius 2 is 2.22 bits per heavy atom. The van der Waals surface area contributed by atoms with Crippen molar-refractivity contribution in [1.29, 1.82) is 0 Å². The summed E-state index contributed by atoms with van der Waals surface area (Å²) in [7, 11) is 0. The molecule has 0 aliphatic carbocycles. The van der Waals surface area contributed by atoms with Crippen molar-refractivity contribution < 1.29 is 4.79 Å². The molecule has 54 valence electrons. The third kappa shape index (κ3) is 4.15. The highest BCUT2D eigenvalue weighted by Crippen LogP contribution is 2.06. The summed E-state index contributed by atoms with van der Waals surface area (Å²) in [5.41, 5.74) is 5.38. The number of aldehydes is 1. The lowest BCUT2D eigenvalue weighted by Gasteiger charge is -2.08. The van der Waals surface area contributed by atoms with E-state index < -0.39 is 0 Å². The summed E-state index contributed by atoms with van der Waals surface area (Å²) in [5, 5.41) is 0. The molecule has 0 aromatic carbocycles. The van der Waals surface area contributed by atoms with Crippen LogP contribution in [0.1, 0.15) is 26.7 Å². The molecule has 0 radical (unpaired) electrons. The van der Waals surface area contributed by atoms with E-state index in [0.717, 1.165) is 19.1 Å². The summed E-state index contributed by atoms with van der Waals surface area (Å²) < 4.78 is 0. The number of carbonyl (C=O) groups excluding carboxylic acids is 1. The summed E-state index contributed by atoms with van der Waals surface area (Å²) in [6.45, 7) is 4.20. The number of carbonyl (C=O) groups is 1. The molecule has 0 aromatic rings. The van der Waals surface area contributed by atoms with Crippen molar-refractivity contribution in [3.05, 3.63) is 0 Å². The average molecular weight is 129 g/mol. The molecule has 0 saturated heterocycles. The highest BCUT2D eigenvalue weighted by Gasteiger charge is 2.04. The first kappa shape index (κ1) is 8.63. The molecule has 0 bridgehead atoms. The first-order valence-corrected chi connectivity index (χ1v) is 3.41. The van der Waals surface area contributed by atoms with E-state index in [9.17, 15) is 4.79 Å². The van der Waals surface area contributed by atoms with Crippen molar-refractivity contribution in [3.63, 3.8) is 0 Å². The van der Waals surface area contributed by atoms with E-state index >= 15 is 0 Å². The summed E-state index contributed by atoms with van der Waals surface area (Å²) in [4.78, 5) is 10.0. The molecule has 0 heterocycles. The lowest BCUT2D eigenvalue weighted by atomic mass is 10.0. The summed E-state index contributed by atoms with van der Waals surface area (Å²) in [6.07, 6.45) is 2.73. The number of rotatable bonds is 4. The van der Waals surface area contributed by atoms with Crippen molar-refractivity contribution >= 4 is 6.29 Å². The van der Waals surface area contributed by atoms with Crippen LogP contribution in [-0.2, 0) is 4.79 Å². The quantitative estimate of drug-likeness (QED) is 0.574. The summed E-state index contributed by atoms with van der Waals surface area (Å²) in [6, 6.07) is -0.250. The molecule has 2 heteroatoms. The minimum absolute atomic E-state index is 0.250. The molecule has 0 rings (SSSR count). The topological polar surface area (TPSA) is 43.1 Å². The van der Waals surface area contributed by atoms with E-state index in [-0.39, 0.29) is 6.04 Å². The van der Waals surface area contributed by atoms with Crippen molar-refractivity contribution in [2.75, 3.05) is 0 Å². The van der Waals surface area contributed by atoms with Gasteiger partial charge in [-0.2, -0.15) is 0 Å². The minimum atomic E-state index is -0.250. The van der Waals surface area contributed by atoms with E-state index in [1.807, 2.05) is 0 Å². The standard InChI is InChI=1S/C7H15NO/c1-3-6(2)4-7(8)5-9/h5-7H,3-4,8H2,1-2H3/t6?,7-/m0/s1. The van der Waals surface area contributed by atoms with Gasteiger partial charge in [0.05, 0.1) is 6.04 Å². The van der Waals surface area contributed by atoms with E-state index in [0.29, 0.717) is 5.92 Å². The summed E-state index contributed by atoms with van der Waals surface area (Å²) in [5.74, 6) is 0.574. The molecule has 0 aromatic heterocycles. The molecule has 0 spiro atoms. The Morgan fingerprint density at radius 1 is 1.67 bits per heavy atom. The SMILES string of the molecule is CCC(C)C[C@H](N)C=O. The fraction of sp³-hybridized carbons (Fsp3) is 0.857. The lowest BCUT2D eigenvalue weighted by molar-refractivity contribution is -0.109. The number of hydrogen-bond donors (Lipinski definition) is 1. The monoisotopic (exact) mass is 129 g/mol. The first-order chi connectivity index (χ1) is 4.20. The van der Waals surface area contributed by atoms with Gasteiger partial charge in [-0.05, 0) is 12.3 Å². The fourth-order valence-corrected chi connectivity index (χ4v) is 0.687. The van der Waals surface area contributed by atoms with Gasteiger partial charge in [-0.25, -0.2) is 0 Å². The van der Waals surface area contributed by atoms with E-state index in [4.69, 9.17) is 5.73 Å². The van der Waals surface area contributed by atoms with E-state index in [2.05, 4.69) is 13.8 Å². The normalized spacial score (nSPS) is 16.8. The molecule has 2 atom stereocenters. The molecule has 0 aliphatic rings. The van der Waals surface area contributed by atoms with Crippen LogP contribution >= 0.6 is 0 Å². The smallest absolute Gasteiger partial charge is 0.136 e. The minimum Gasteiger partial charge on any atom is -0.322 e. The van der Waals surface area contributed by atoms with Gasteiger partial charge < -0.3 is 10.5 Å². The van der Waals surface area contributed by atoms with Gasteiger partial charge >= 0.3 is 0 Å². The van der Waals surface area contributed by atoms with Gasteiger partial charge in [0.1, 0.15) is 6.29 Å². The van der Waals surface area contributed by atoms with Gasteiger partial charge in [0.2, 0.25) is 0 Å². The Labute approximate surface area is 56.4 Å². The Hall–Kier alpha value is -0.370. The number of nitrogens with two attached hydrogens (primary N) is 1. The van der Waals surface area contributed by atoms with Crippen LogP contribution in [0.5, 0.6) is 0 Å². The van der Waals surface area contributed by atoms with Gasteiger partial charge in [-0.15, -0.1) is 0 Å². The van der Waals surface area contributed by atoms with Crippen molar-refractivity contribution in [3.8, 4) is 0 Å². The molecule has 0 aliphatic heterocycles. The highest BCUT2D eigenvalue weighted by atomic mass is 16.1. The highest BCUT2D eigenvalue weighted by molar-refractivity contribution is 5.56. The molecule has 0 fully saturated rings. The van der Waals surface area contributed by atoms with Gasteiger partial charge in [-0.1, -0.05) is 20.3 Å². The van der Waals surface area contributed by atoms with Gasteiger partial charge in [0, 0.05) is 0 Å². The van der Waals surface area contributed by atoms with Crippen LogP contribution in [0, 0.1) is 5.92 Å². The van der Waals surface area contributed by atoms with Crippen LogP contribution in [-0.4, -0.2) is 12.3 Å². The van der Waals surface area contributed by atoms with Crippen LogP contribution in [0.3, 0.4) is 0 Å². The maximum Gasteiger partial charge on any atom is 0.136 e. The van der Waals surface area contributed by atoms with Crippen LogP contribution in [0.15, 0.2) is 0 Å². The van der Waals surface area contributed by atoms with E-state index in [1.54, 1.807) is 0 Å². The zero-order chi connectivity index (χ0) is 7.28. The van der Waals surface area contributed by atoms with Crippen molar-refractivity contribution in [2.45, 2.75) is 32.7 Å². The van der Waals surface area contributed by atoms with Gasteiger partial charge in [0.15, 0.2) is 0 Å².